The molecule has 0 aliphatic rings. The van der Waals surface area contributed by atoms with Crippen LogP contribution in [0, 0.1) is 0 Å². The molecule has 144 valence electrons. The molecule has 0 unspecified atom stereocenters. The van der Waals surface area contributed by atoms with Crippen LogP contribution in [0.5, 0.6) is 0 Å². The monoisotopic (exact) mass is 392 g/mol. The summed E-state index contributed by atoms with van der Waals surface area (Å²) < 4.78 is 28.5. The smallest absolute Gasteiger partial charge is 0.287 e. The molecule has 3 aromatic rings. The summed E-state index contributed by atoms with van der Waals surface area (Å²) in [5.41, 5.74) is 0.531. The molecule has 0 saturated heterocycles. The molecular formula is C19H22F2N4OS. The highest BCUT2D eigenvalue weighted by Crippen LogP contribution is 2.24. The van der Waals surface area contributed by atoms with Crippen LogP contribution < -0.4 is 5.56 Å². The lowest BCUT2D eigenvalue weighted by molar-refractivity contribution is 0.0678. The van der Waals surface area contributed by atoms with Gasteiger partial charge in [-0.1, -0.05) is 50.1 Å². The molecule has 0 atom stereocenters. The Morgan fingerprint density at radius 3 is 2.78 bits per heavy atom. The molecule has 0 N–H and O–H groups in total. The van der Waals surface area contributed by atoms with Crippen molar-refractivity contribution in [2.75, 3.05) is 0 Å². The Hall–Kier alpha value is -2.22. The number of hydrogen-bond donors (Lipinski definition) is 0. The van der Waals surface area contributed by atoms with Crippen LogP contribution in [0.1, 0.15) is 45.0 Å². The number of fused-ring (bicyclic) bond motifs is 1. The Morgan fingerprint density at radius 2 is 2.00 bits per heavy atom. The predicted molar refractivity (Wildman–Crippen MR) is 103 cm³/mol. The first-order valence-electron chi connectivity index (χ1n) is 9.04. The van der Waals surface area contributed by atoms with E-state index in [-0.39, 0.29) is 17.1 Å². The number of para-hydroxylation sites is 1. The largest absolute Gasteiger partial charge is 0.319 e. The van der Waals surface area contributed by atoms with Gasteiger partial charge >= 0.3 is 6.55 Å². The topological polar surface area (TPSA) is 52.7 Å². The molecule has 0 fully saturated rings. The minimum absolute atomic E-state index is 0.0863. The van der Waals surface area contributed by atoms with E-state index >= 15 is 0 Å². The summed E-state index contributed by atoms with van der Waals surface area (Å²) >= 11 is 1.26. The molecule has 0 bridgehead atoms. The van der Waals surface area contributed by atoms with Gasteiger partial charge in [-0.2, -0.15) is 8.78 Å². The van der Waals surface area contributed by atoms with Gasteiger partial charge in [0.2, 0.25) is 0 Å². The van der Waals surface area contributed by atoms with Crippen LogP contribution in [0.3, 0.4) is 0 Å². The lowest BCUT2D eigenvalue weighted by atomic mass is 10.2. The molecule has 0 saturated carbocycles. The number of imidazole rings is 1. The average Bonchev–Trinajstić information content (AvgIpc) is 3.14. The molecule has 5 nitrogen and oxygen atoms in total. The first-order valence-corrected chi connectivity index (χ1v) is 10.0. The second kappa shape index (κ2) is 9.12. The fourth-order valence-corrected chi connectivity index (χ4v) is 3.89. The fraction of sp³-hybridized carbons (Fsp3) is 0.421. The number of benzene rings is 1. The van der Waals surface area contributed by atoms with Crippen molar-refractivity contribution in [1.82, 2.24) is 19.1 Å². The second-order valence-corrected chi connectivity index (χ2v) is 7.19. The van der Waals surface area contributed by atoms with Gasteiger partial charge in [-0.25, -0.2) is 9.97 Å². The molecular weight excluding hydrogens is 370 g/mol. The summed E-state index contributed by atoms with van der Waals surface area (Å²) in [6.07, 6.45) is 6.76. The number of aromatic nitrogens is 4. The Kier molecular flexibility index (Phi) is 6.60. The van der Waals surface area contributed by atoms with Gasteiger partial charge in [0.25, 0.3) is 5.56 Å². The third-order valence-electron chi connectivity index (χ3n) is 4.35. The Bertz CT molecular complexity index is 954. The zero-order valence-corrected chi connectivity index (χ0v) is 16.0. The molecule has 2 aromatic heterocycles. The minimum atomic E-state index is -2.64. The van der Waals surface area contributed by atoms with Crippen molar-refractivity contribution in [1.29, 1.82) is 0 Å². The lowest BCUT2D eigenvalue weighted by Crippen LogP contribution is -2.23. The van der Waals surface area contributed by atoms with Gasteiger partial charge in [-0.15, -0.1) is 0 Å². The summed E-state index contributed by atoms with van der Waals surface area (Å²) in [5, 5.41) is 1.12. The summed E-state index contributed by atoms with van der Waals surface area (Å²) in [7, 11) is 0. The predicted octanol–water partition coefficient (Wildman–Crippen LogP) is 4.86. The van der Waals surface area contributed by atoms with E-state index in [4.69, 9.17) is 0 Å². The third kappa shape index (κ3) is 4.55. The van der Waals surface area contributed by atoms with Crippen LogP contribution in [0.15, 0.2) is 46.6 Å². The summed E-state index contributed by atoms with van der Waals surface area (Å²) in [6, 6.07) is 7.21. The fourth-order valence-electron chi connectivity index (χ4n) is 2.91. The van der Waals surface area contributed by atoms with Crippen LogP contribution in [0.25, 0.3) is 10.9 Å². The van der Waals surface area contributed by atoms with Crippen LogP contribution in [-0.2, 0) is 12.3 Å². The molecule has 8 heteroatoms. The SMILES string of the molecule is CCCCCCn1c(SCc2nccn2C(F)F)nc2ccccc2c1=O. The Morgan fingerprint density at radius 1 is 1.19 bits per heavy atom. The maximum atomic E-state index is 13.0. The molecule has 1 aromatic carbocycles. The van der Waals surface area contributed by atoms with Crippen molar-refractivity contribution in [2.45, 2.75) is 56.6 Å². The molecule has 0 radical (unpaired) electrons. The van der Waals surface area contributed by atoms with Crippen molar-refractivity contribution in [2.24, 2.45) is 0 Å². The minimum Gasteiger partial charge on any atom is -0.287 e. The number of nitrogens with zero attached hydrogens (tertiary/aromatic N) is 4. The van der Waals surface area contributed by atoms with Crippen molar-refractivity contribution in [3.8, 4) is 0 Å². The molecule has 3 rings (SSSR count). The van der Waals surface area contributed by atoms with Gasteiger partial charge in [0.15, 0.2) is 5.16 Å². The quantitative estimate of drug-likeness (QED) is 0.296. The standard InChI is InChI=1S/C19H22F2N4OS/c1-2-3-4-7-11-25-17(26)14-8-5-6-9-15(14)23-19(25)27-13-16-22-10-12-24(16)18(20)21/h5-6,8-10,12,18H,2-4,7,11,13H2,1H3. The van der Waals surface area contributed by atoms with Crippen LogP contribution in [-0.4, -0.2) is 19.1 Å². The zero-order valence-electron chi connectivity index (χ0n) is 15.1. The summed E-state index contributed by atoms with van der Waals surface area (Å²) in [4.78, 5) is 21.5. The highest BCUT2D eigenvalue weighted by molar-refractivity contribution is 7.98. The lowest BCUT2D eigenvalue weighted by Gasteiger charge is -2.13. The average molecular weight is 392 g/mol. The number of thioether (sulfide) groups is 1. The van der Waals surface area contributed by atoms with Crippen molar-refractivity contribution < 1.29 is 8.78 Å². The van der Waals surface area contributed by atoms with Gasteiger partial charge in [-0.3, -0.25) is 13.9 Å². The van der Waals surface area contributed by atoms with Gasteiger partial charge in [0, 0.05) is 18.9 Å². The highest BCUT2D eigenvalue weighted by Gasteiger charge is 2.15. The molecule has 0 aliphatic heterocycles. The normalized spacial score (nSPS) is 11.6. The van der Waals surface area contributed by atoms with Crippen LogP contribution in [0.4, 0.5) is 8.78 Å². The van der Waals surface area contributed by atoms with E-state index < -0.39 is 6.55 Å². The first-order chi connectivity index (χ1) is 13.1. The third-order valence-corrected chi connectivity index (χ3v) is 5.32. The first kappa shape index (κ1) is 19.5. The number of alkyl halides is 2. The van der Waals surface area contributed by atoms with E-state index in [1.807, 2.05) is 12.1 Å². The maximum absolute atomic E-state index is 13.0. The molecule has 2 heterocycles. The van der Waals surface area contributed by atoms with Crippen molar-refractivity contribution >= 4 is 22.7 Å². The maximum Gasteiger partial charge on any atom is 0.319 e. The zero-order chi connectivity index (χ0) is 19.2. The van der Waals surface area contributed by atoms with Gasteiger partial charge in [-0.05, 0) is 18.6 Å². The second-order valence-electron chi connectivity index (χ2n) is 6.25. The highest BCUT2D eigenvalue weighted by atomic mass is 32.2. The van der Waals surface area contributed by atoms with Crippen LogP contribution >= 0.6 is 11.8 Å². The van der Waals surface area contributed by atoms with E-state index in [0.717, 1.165) is 30.3 Å². The van der Waals surface area contributed by atoms with E-state index in [1.165, 1.54) is 24.2 Å². The number of rotatable bonds is 9. The number of halogens is 2. The number of unbranched alkanes of at least 4 members (excludes halogenated alkanes) is 3. The molecule has 27 heavy (non-hydrogen) atoms. The van der Waals surface area contributed by atoms with Gasteiger partial charge in [0.05, 0.1) is 16.7 Å². The number of hydrogen-bond acceptors (Lipinski definition) is 4. The summed E-state index contributed by atoms with van der Waals surface area (Å²) in [6.45, 7) is 0.0715. The Labute approximate surface area is 160 Å². The van der Waals surface area contributed by atoms with Crippen molar-refractivity contribution in [3.63, 3.8) is 0 Å². The van der Waals surface area contributed by atoms with E-state index in [9.17, 15) is 13.6 Å². The van der Waals surface area contributed by atoms with Crippen LogP contribution in [0.2, 0.25) is 0 Å². The van der Waals surface area contributed by atoms with E-state index in [0.29, 0.717) is 22.6 Å². The summed E-state index contributed by atoms with van der Waals surface area (Å²) in [5.74, 6) is 0.479. The molecule has 0 spiro atoms. The van der Waals surface area contributed by atoms with Gasteiger partial charge < -0.3 is 0 Å². The van der Waals surface area contributed by atoms with Gasteiger partial charge in [0.1, 0.15) is 5.82 Å². The van der Waals surface area contributed by atoms with E-state index in [1.54, 1.807) is 16.7 Å². The molecule has 0 amide bonds. The van der Waals surface area contributed by atoms with E-state index in [2.05, 4.69) is 16.9 Å². The molecule has 0 aliphatic carbocycles. The van der Waals surface area contributed by atoms with Crippen molar-refractivity contribution in [3.05, 3.63) is 52.8 Å². The Balaban J connectivity index is 1.89.